The first-order chi connectivity index (χ1) is 15.1. The molecule has 4 heterocycles. The second-order valence-corrected chi connectivity index (χ2v) is 7.69. The Morgan fingerprint density at radius 1 is 1.16 bits per heavy atom. The third kappa shape index (κ3) is 3.77. The minimum absolute atomic E-state index is 0.104. The van der Waals surface area contributed by atoms with Crippen LogP contribution in [0.25, 0.3) is 17.1 Å². The van der Waals surface area contributed by atoms with Crippen LogP contribution in [0.5, 0.6) is 0 Å². The number of H-pyrrole nitrogens is 1. The fraction of sp³-hybridized carbons (Fsp3) is 0.217. The summed E-state index contributed by atoms with van der Waals surface area (Å²) in [6, 6.07) is 9.98. The zero-order chi connectivity index (χ0) is 21.4. The zero-order valence-electron chi connectivity index (χ0n) is 17.0. The maximum absolute atomic E-state index is 13.2. The van der Waals surface area contributed by atoms with Crippen molar-refractivity contribution in [3.05, 3.63) is 93.7 Å². The molecule has 0 atom stereocenters. The Balaban J connectivity index is 1.36. The van der Waals surface area contributed by atoms with Gasteiger partial charge in [-0.05, 0) is 43.3 Å². The summed E-state index contributed by atoms with van der Waals surface area (Å²) in [5, 5.41) is 4.47. The number of hydrogen-bond acceptors (Lipinski definition) is 5. The van der Waals surface area contributed by atoms with Crippen LogP contribution in [-0.2, 0) is 19.5 Å². The highest BCUT2D eigenvalue weighted by molar-refractivity contribution is 5.53. The minimum Gasteiger partial charge on any atom is -0.306 e. The van der Waals surface area contributed by atoms with Gasteiger partial charge in [-0.2, -0.15) is 5.10 Å². The molecule has 1 N–H and O–H groups in total. The molecule has 1 aliphatic heterocycles. The average Bonchev–Trinajstić information content (AvgIpc) is 3.15. The van der Waals surface area contributed by atoms with E-state index in [9.17, 15) is 9.18 Å². The van der Waals surface area contributed by atoms with E-state index in [-0.39, 0.29) is 11.4 Å². The predicted octanol–water partition coefficient (Wildman–Crippen LogP) is 3.02. The van der Waals surface area contributed by atoms with Crippen molar-refractivity contribution in [1.29, 1.82) is 0 Å². The van der Waals surface area contributed by atoms with Crippen molar-refractivity contribution in [2.75, 3.05) is 6.54 Å². The van der Waals surface area contributed by atoms with Gasteiger partial charge in [0.2, 0.25) is 0 Å². The Morgan fingerprint density at radius 3 is 2.77 bits per heavy atom. The Morgan fingerprint density at radius 2 is 2.00 bits per heavy atom. The van der Waals surface area contributed by atoms with Crippen LogP contribution in [0.1, 0.15) is 22.5 Å². The van der Waals surface area contributed by atoms with Crippen molar-refractivity contribution < 1.29 is 4.39 Å². The number of aromatic nitrogens is 5. The summed E-state index contributed by atoms with van der Waals surface area (Å²) in [5.41, 5.74) is 5.14. The van der Waals surface area contributed by atoms with Crippen molar-refractivity contribution in [1.82, 2.24) is 29.6 Å². The Hall–Kier alpha value is -3.65. The number of halogens is 1. The van der Waals surface area contributed by atoms with Gasteiger partial charge in [0.05, 0.1) is 23.1 Å². The maximum atomic E-state index is 13.2. The topological polar surface area (TPSA) is 79.7 Å². The highest BCUT2D eigenvalue weighted by Crippen LogP contribution is 2.21. The third-order valence-corrected chi connectivity index (χ3v) is 5.66. The van der Waals surface area contributed by atoms with E-state index in [4.69, 9.17) is 0 Å². The molecule has 0 saturated carbocycles. The first-order valence-electron chi connectivity index (χ1n) is 10.1. The van der Waals surface area contributed by atoms with Gasteiger partial charge in [0.25, 0.3) is 5.56 Å². The number of aromatic amines is 1. The zero-order valence-corrected chi connectivity index (χ0v) is 17.0. The molecule has 0 radical (unpaired) electrons. The number of benzene rings is 1. The molecule has 0 unspecified atom stereocenters. The van der Waals surface area contributed by atoms with Gasteiger partial charge >= 0.3 is 0 Å². The third-order valence-electron chi connectivity index (χ3n) is 5.66. The van der Waals surface area contributed by atoms with Gasteiger partial charge in [0.1, 0.15) is 11.6 Å². The van der Waals surface area contributed by atoms with Gasteiger partial charge in [-0.25, -0.2) is 14.1 Å². The second kappa shape index (κ2) is 7.88. The average molecular weight is 416 g/mol. The first-order valence-corrected chi connectivity index (χ1v) is 10.1. The minimum atomic E-state index is -0.272. The second-order valence-electron chi connectivity index (χ2n) is 7.69. The molecule has 7 nitrogen and oxygen atoms in total. The fourth-order valence-corrected chi connectivity index (χ4v) is 3.94. The Bertz CT molecular complexity index is 1280. The standard InChI is InChI=1S/C23H21FN6O/c1-15-17(12-26-30(15)19-6-4-18(24)5-7-19)13-29-10-8-21-20(14-29)23(31)28-22(27-21)16-3-2-9-25-11-16/h2-7,9,11-12H,8,10,13-14H2,1H3,(H,27,28,31). The molecule has 1 aliphatic rings. The van der Waals surface area contributed by atoms with Crippen LogP contribution in [0.15, 0.2) is 59.8 Å². The van der Waals surface area contributed by atoms with Crippen LogP contribution in [0.2, 0.25) is 0 Å². The molecule has 3 aromatic heterocycles. The smallest absolute Gasteiger partial charge is 0.255 e. The van der Waals surface area contributed by atoms with Crippen LogP contribution in [0, 0.1) is 12.7 Å². The van der Waals surface area contributed by atoms with E-state index in [1.165, 1.54) is 12.1 Å². The number of nitrogens with zero attached hydrogens (tertiary/aromatic N) is 5. The van der Waals surface area contributed by atoms with Crippen LogP contribution in [0.3, 0.4) is 0 Å². The Kier molecular flexibility index (Phi) is 4.91. The van der Waals surface area contributed by atoms with Gasteiger partial charge in [-0.1, -0.05) is 0 Å². The lowest BCUT2D eigenvalue weighted by molar-refractivity contribution is 0.241. The van der Waals surface area contributed by atoms with E-state index in [1.54, 1.807) is 29.2 Å². The summed E-state index contributed by atoms with van der Waals surface area (Å²) in [5.74, 6) is 0.285. The van der Waals surface area contributed by atoms with E-state index in [1.807, 2.05) is 25.3 Å². The van der Waals surface area contributed by atoms with E-state index >= 15 is 0 Å². The van der Waals surface area contributed by atoms with Crippen LogP contribution >= 0.6 is 0 Å². The van der Waals surface area contributed by atoms with Crippen molar-refractivity contribution in [3.63, 3.8) is 0 Å². The molecular weight excluding hydrogens is 395 g/mol. The van der Waals surface area contributed by atoms with Gasteiger partial charge in [-0.3, -0.25) is 14.7 Å². The summed E-state index contributed by atoms with van der Waals surface area (Å²) < 4.78 is 15.0. The highest BCUT2D eigenvalue weighted by Gasteiger charge is 2.23. The molecule has 0 spiro atoms. The molecule has 0 aliphatic carbocycles. The van der Waals surface area contributed by atoms with Crippen molar-refractivity contribution in [2.24, 2.45) is 0 Å². The molecule has 0 amide bonds. The van der Waals surface area contributed by atoms with Crippen molar-refractivity contribution in [2.45, 2.75) is 26.4 Å². The fourth-order valence-electron chi connectivity index (χ4n) is 3.94. The molecule has 0 fully saturated rings. The SMILES string of the molecule is Cc1c(CN2CCc3nc(-c4cccnc4)[nH]c(=O)c3C2)cnn1-c1ccc(F)cc1. The molecule has 5 rings (SSSR count). The van der Waals surface area contributed by atoms with Crippen LogP contribution < -0.4 is 5.56 Å². The molecule has 0 saturated heterocycles. The van der Waals surface area contributed by atoms with Crippen LogP contribution in [0.4, 0.5) is 4.39 Å². The number of nitrogens with one attached hydrogen (secondary N) is 1. The van der Waals surface area contributed by atoms with Gasteiger partial charge in [0.15, 0.2) is 0 Å². The molecule has 156 valence electrons. The van der Waals surface area contributed by atoms with E-state index < -0.39 is 0 Å². The number of pyridine rings is 1. The number of fused-ring (bicyclic) bond motifs is 1. The lowest BCUT2D eigenvalue weighted by Gasteiger charge is -2.27. The summed E-state index contributed by atoms with van der Waals surface area (Å²) in [6.07, 6.45) is 5.93. The number of hydrogen-bond donors (Lipinski definition) is 1. The summed E-state index contributed by atoms with van der Waals surface area (Å²) in [6.45, 7) is 4.01. The largest absolute Gasteiger partial charge is 0.306 e. The molecular formula is C23H21FN6O. The molecule has 31 heavy (non-hydrogen) atoms. The number of rotatable bonds is 4. The molecule has 8 heteroatoms. The van der Waals surface area contributed by atoms with Crippen LogP contribution in [-0.4, -0.2) is 36.2 Å². The molecule has 0 bridgehead atoms. The van der Waals surface area contributed by atoms with E-state index in [0.717, 1.165) is 34.7 Å². The Labute approximate surface area is 178 Å². The van der Waals surface area contributed by atoms with E-state index in [0.29, 0.717) is 30.9 Å². The summed E-state index contributed by atoms with van der Waals surface area (Å²) in [7, 11) is 0. The first kappa shape index (κ1) is 19.3. The predicted molar refractivity (Wildman–Crippen MR) is 114 cm³/mol. The molecule has 1 aromatic carbocycles. The van der Waals surface area contributed by atoms with Crippen molar-refractivity contribution >= 4 is 0 Å². The highest BCUT2D eigenvalue weighted by atomic mass is 19.1. The monoisotopic (exact) mass is 416 g/mol. The lowest BCUT2D eigenvalue weighted by atomic mass is 10.1. The normalized spacial score (nSPS) is 13.9. The van der Waals surface area contributed by atoms with Gasteiger partial charge < -0.3 is 4.98 Å². The van der Waals surface area contributed by atoms with Gasteiger partial charge in [-0.15, -0.1) is 0 Å². The quantitative estimate of drug-likeness (QED) is 0.553. The lowest BCUT2D eigenvalue weighted by Crippen LogP contribution is -2.35. The molecule has 4 aromatic rings. The summed E-state index contributed by atoms with van der Waals surface area (Å²) >= 11 is 0. The summed E-state index contributed by atoms with van der Waals surface area (Å²) in [4.78, 5) is 26.7. The van der Waals surface area contributed by atoms with E-state index in [2.05, 4.69) is 25.0 Å². The maximum Gasteiger partial charge on any atom is 0.255 e. The van der Waals surface area contributed by atoms with Gasteiger partial charge in [0, 0.05) is 55.3 Å². The van der Waals surface area contributed by atoms with Crippen molar-refractivity contribution in [3.8, 4) is 17.1 Å².